The summed E-state index contributed by atoms with van der Waals surface area (Å²) in [7, 11) is 0. The zero-order chi connectivity index (χ0) is 15.2. The molecule has 4 nitrogen and oxygen atoms in total. The topological polar surface area (TPSA) is 49.3 Å². The van der Waals surface area contributed by atoms with Gasteiger partial charge in [0, 0.05) is 24.2 Å². The first kappa shape index (κ1) is 17.7. The molecule has 0 amide bonds. The van der Waals surface area contributed by atoms with Gasteiger partial charge in [0.2, 0.25) is 0 Å². The molecule has 0 saturated heterocycles. The summed E-state index contributed by atoms with van der Waals surface area (Å²) >= 11 is 0. The van der Waals surface area contributed by atoms with Crippen LogP contribution in [0.15, 0.2) is 53.7 Å². The van der Waals surface area contributed by atoms with E-state index in [-0.39, 0.29) is 24.0 Å². The molecule has 1 aromatic heterocycles. The summed E-state index contributed by atoms with van der Waals surface area (Å²) in [5, 5.41) is 7.97. The van der Waals surface area contributed by atoms with E-state index >= 15 is 0 Å². The second-order valence-electron chi connectivity index (χ2n) is 5.47. The third kappa shape index (κ3) is 4.67. The summed E-state index contributed by atoms with van der Waals surface area (Å²) in [5.74, 6) is 0.879. The number of fused-ring (bicyclic) bond motifs is 1. The van der Waals surface area contributed by atoms with E-state index in [0.717, 1.165) is 41.8 Å². The molecule has 0 aliphatic heterocycles. The fourth-order valence-corrected chi connectivity index (χ4v) is 2.71. The Morgan fingerprint density at radius 2 is 2.00 bits per heavy atom. The highest BCUT2D eigenvalue weighted by molar-refractivity contribution is 14.0. The zero-order valence-electron chi connectivity index (χ0n) is 13.3. The number of hydrogen-bond acceptors (Lipinski definition) is 2. The number of nitrogens with zero attached hydrogens (tertiary/aromatic N) is 2. The van der Waals surface area contributed by atoms with Gasteiger partial charge in [0.1, 0.15) is 0 Å². The quantitative estimate of drug-likeness (QED) is 0.343. The maximum absolute atomic E-state index is 4.72. The largest absolute Gasteiger partial charge is 0.357 e. The molecule has 0 spiro atoms. The van der Waals surface area contributed by atoms with Crippen molar-refractivity contribution in [3.8, 4) is 0 Å². The lowest BCUT2D eigenvalue weighted by Crippen LogP contribution is -2.42. The Morgan fingerprint density at radius 3 is 2.78 bits per heavy atom. The van der Waals surface area contributed by atoms with E-state index in [0.29, 0.717) is 12.6 Å². The monoisotopic (exact) mass is 422 g/mol. The molecule has 3 rings (SSSR count). The summed E-state index contributed by atoms with van der Waals surface area (Å²) in [6, 6.07) is 10.8. The van der Waals surface area contributed by atoms with Crippen molar-refractivity contribution in [3.05, 3.63) is 54.2 Å². The highest BCUT2D eigenvalue weighted by Gasteiger charge is 2.11. The van der Waals surface area contributed by atoms with Crippen LogP contribution in [0.4, 0.5) is 0 Å². The van der Waals surface area contributed by atoms with E-state index in [2.05, 4.69) is 59.0 Å². The predicted octanol–water partition coefficient (Wildman–Crippen LogP) is 3.63. The number of halogens is 1. The molecule has 2 N–H and O–H groups in total. The van der Waals surface area contributed by atoms with Gasteiger partial charge in [-0.3, -0.25) is 4.98 Å². The molecule has 0 atom stereocenters. The van der Waals surface area contributed by atoms with Crippen LogP contribution in [0.2, 0.25) is 0 Å². The van der Waals surface area contributed by atoms with Crippen molar-refractivity contribution in [1.29, 1.82) is 0 Å². The molecule has 1 heterocycles. The van der Waals surface area contributed by atoms with Gasteiger partial charge in [0.25, 0.3) is 0 Å². The molecule has 122 valence electrons. The summed E-state index contributed by atoms with van der Waals surface area (Å²) in [5.41, 5.74) is 2.19. The highest BCUT2D eigenvalue weighted by Crippen LogP contribution is 2.16. The van der Waals surface area contributed by atoms with Crippen molar-refractivity contribution in [1.82, 2.24) is 15.6 Å². The lowest BCUT2D eigenvalue weighted by molar-refractivity contribution is 0.633. The molecular formula is C18H23IN4. The van der Waals surface area contributed by atoms with Crippen LogP contribution >= 0.6 is 24.0 Å². The van der Waals surface area contributed by atoms with Crippen molar-refractivity contribution < 1.29 is 0 Å². The summed E-state index contributed by atoms with van der Waals surface area (Å²) < 4.78 is 0. The number of hydrogen-bond donors (Lipinski definition) is 2. The van der Waals surface area contributed by atoms with Crippen LogP contribution in [0.1, 0.15) is 25.3 Å². The third-order valence-electron chi connectivity index (χ3n) is 3.82. The Bertz CT molecular complexity index is 683. The number of para-hydroxylation sites is 1. The smallest absolute Gasteiger partial charge is 0.191 e. The zero-order valence-corrected chi connectivity index (χ0v) is 15.7. The normalized spacial score (nSPS) is 14.7. The molecule has 1 aliphatic carbocycles. The highest BCUT2D eigenvalue weighted by atomic mass is 127. The number of nitrogens with one attached hydrogen (secondary N) is 2. The summed E-state index contributed by atoms with van der Waals surface area (Å²) in [6.45, 7) is 3.58. The van der Waals surface area contributed by atoms with E-state index in [1.165, 1.54) is 0 Å². The lowest BCUT2D eigenvalue weighted by Gasteiger charge is -2.16. The maximum atomic E-state index is 4.72. The molecule has 0 unspecified atom stereocenters. The second-order valence-corrected chi connectivity index (χ2v) is 5.47. The van der Waals surface area contributed by atoms with Crippen LogP contribution in [0.5, 0.6) is 0 Å². The fraction of sp³-hybridized carbons (Fsp3) is 0.333. The van der Waals surface area contributed by atoms with E-state index in [4.69, 9.17) is 4.99 Å². The first-order valence-corrected chi connectivity index (χ1v) is 7.89. The van der Waals surface area contributed by atoms with Crippen molar-refractivity contribution in [2.75, 3.05) is 6.54 Å². The lowest BCUT2D eigenvalue weighted by atomic mass is 10.1. The number of rotatable bonds is 4. The minimum absolute atomic E-state index is 0. The van der Waals surface area contributed by atoms with Crippen LogP contribution in [-0.4, -0.2) is 23.5 Å². The molecule has 0 bridgehead atoms. The molecule has 0 radical (unpaired) electrons. The van der Waals surface area contributed by atoms with Gasteiger partial charge in [-0.1, -0.05) is 36.4 Å². The average molecular weight is 422 g/mol. The van der Waals surface area contributed by atoms with Gasteiger partial charge < -0.3 is 10.6 Å². The minimum atomic E-state index is 0. The standard InChI is InChI=1S/C18H22N4.HI/c1-2-19-18(22-16-10-3-4-11-16)21-13-15-8-5-7-14-9-6-12-20-17(14)15;/h3-9,12,16H,2,10-11,13H2,1H3,(H2,19,21,22);1H. The molecule has 1 aliphatic rings. The van der Waals surface area contributed by atoms with Crippen LogP contribution in [-0.2, 0) is 6.54 Å². The van der Waals surface area contributed by atoms with Gasteiger partial charge in [0.15, 0.2) is 5.96 Å². The van der Waals surface area contributed by atoms with Gasteiger partial charge in [0.05, 0.1) is 12.1 Å². The number of benzene rings is 1. The van der Waals surface area contributed by atoms with Crippen molar-refractivity contribution in [2.45, 2.75) is 32.4 Å². The van der Waals surface area contributed by atoms with Gasteiger partial charge in [-0.05, 0) is 31.4 Å². The molecule has 0 saturated carbocycles. The summed E-state index contributed by atoms with van der Waals surface area (Å²) in [4.78, 5) is 9.21. The maximum Gasteiger partial charge on any atom is 0.191 e. The van der Waals surface area contributed by atoms with Gasteiger partial charge in [-0.25, -0.2) is 4.99 Å². The van der Waals surface area contributed by atoms with E-state index < -0.39 is 0 Å². The molecular weight excluding hydrogens is 399 g/mol. The van der Waals surface area contributed by atoms with Crippen LogP contribution in [0.25, 0.3) is 10.9 Å². The van der Waals surface area contributed by atoms with E-state index in [1.54, 1.807) is 0 Å². The predicted molar refractivity (Wildman–Crippen MR) is 107 cm³/mol. The first-order chi connectivity index (χ1) is 10.9. The van der Waals surface area contributed by atoms with Crippen LogP contribution < -0.4 is 10.6 Å². The number of pyridine rings is 1. The van der Waals surface area contributed by atoms with Crippen molar-refractivity contribution >= 4 is 40.8 Å². The minimum Gasteiger partial charge on any atom is -0.357 e. The number of aromatic nitrogens is 1. The SMILES string of the molecule is CCNC(=NCc1cccc2cccnc12)NC1CC=CC1.I. The van der Waals surface area contributed by atoms with Crippen molar-refractivity contribution in [3.63, 3.8) is 0 Å². The molecule has 5 heteroatoms. The molecule has 1 aromatic carbocycles. The Kier molecular flexibility index (Phi) is 6.83. The van der Waals surface area contributed by atoms with Crippen LogP contribution in [0, 0.1) is 0 Å². The Hall–Kier alpha value is -1.63. The van der Waals surface area contributed by atoms with Crippen molar-refractivity contribution in [2.24, 2.45) is 4.99 Å². The van der Waals surface area contributed by atoms with Gasteiger partial charge >= 0.3 is 0 Å². The molecule has 2 aromatic rings. The van der Waals surface area contributed by atoms with E-state index in [1.807, 2.05) is 12.3 Å². The average Bonchev–Trinajstić information content (AvgIpc) is 3.06. The Labute approximate surface area is 154 Å². The number of guanidine groups is 1. The molecule has 23 heavy (non-hydrogen) atoms. The van der Waals surface area contributed by atoms with Gasteiger partial charge in [-0.15, -0.1) is 24.0 Å². The molecule has 0 fully saturated rings. The van der Waals surface area contributed by atoms with Crippen LogP contribution in [0.3, 0.4) is 0 Å². The third-order valence-corrected chi connectivity index (χ3v) is 3.82. The first-order valence-electron chi connectivity index (χ1n) is 7.89. The van der Waals surface area contributed by atoms with E-state index in [9.17, 15) is 0 Å². The Balaban J connectivity index is 0.00000192. The fourth-order valence-electron chi connectivity index (χ4n) is 2.71. The Morgan fingerprint density at radius 1 is 1.22 bits per heavy atom. The van der Waals surface area contributed by atoms with Gasteiger partial charge in [-0.2, -0.15) is 0 Å². The second kappa shape index (κ2) is 8.86. The number of aliphatic imine (C=N–C) groups is 1. The summed E-state index contributed by atoms with van der Waals surface area (Å²) in [6.07, 6.45) is 8.41.